The number of aliphatic imine (C=N–C) groups is 1. The molecule has 106 valence electrons. The number of hydrogen-bond acceptors (Lipinski definition) is 2. The van der Waals surface area contributed by atoms with E-state index >= 15 is 0 Å². The van der Waals surface area contributed by atoms with Gasteiger partial charge in [0.2, 0.25) is 0 Å². The van der Waals surface area contributed by atoms with Crippen molar-refractivity contribution in [2.24, 2.45) is 10.7 Å². The lowest BCUT2D eigenvalue weighted by atomic mass is 10.1. The first kappa shape index (κ1) is 15.3. The van der Waals surface area contributed by atoms with Crippen LogP contribution in [0.5, 0.6) is 0 Å². The summed E-state index contributed by atoms with van der Waals surface area (Å²) >= 11 is 0. The monoisotopic (exact) mass is 254 g/mol. The molecule has 0 aromatic rings. The van der Waals surface area contributed by atoms with Crippen molar-refractivity contribution in [1.29, 1.82) is 0 Å². The van der Waals surface area contributed by atoms with Crippen LogP contribution in [0.25, 0.3) is 0 Å². The summed E-state index contributed by atoms with van der Waals surface area (Å²) in [7, 11) is 6.32. The van der Waals surface area contributed by atoms with E-state index < -0.39 is 0 Å². The Labute approximate surface area is 112 Å². The van der Waals surface area contributed by atoms with Crippen molar-refractivity contribution in [3.63, 3.8) is 0 Å². The van der Waals surface area contributed by atoms with Gasteiger partial charge in [0.25, 0.3) is 0 Å². The summed E-state index contributed by atoms with van der Waals surface area (Å²) in [4.78, 5) is 8.81. The van der Waals surface area contributed by atoms with E-state index in [1.807, 2.05) is 0 Å². The second-order valence-electron chi connectivity index (χ2n) is 5.65. The SMILES string of the molecule is CN(C)CCCCCCCN=C(N)N(C)C1CC1. The third-order valence-electron chi connectivity index (χ3n) is 3.49. The maximum Gasteiger partial charge on any atom is 0.191 e. The molecule has 0 radical (unpaired) electrons. The predicted octanol–water partition coefficient (Wildman–Crippen LogP) is 1.91. The lowest BCUT2D eigenvalue weighted by molar-refractivity contribution is 0.390. The molecule has 0 aromatic heterocycles. The van der Waals surface area contributed by atoms with E-state index in [9.17, 15) is 0 Å². The molecule has 0 unspecified atom stereocenters. The normalized spacial score (nSPS) is 16.3. The van der Waals surface area contributed by atoms with Gasteiger partial charge >= 0.3 is 0 Å². The molecule has 4 heteroatoms. The van der Waals surface area contributed by atoms with Crippen molar-refractivity contribution in [2.45, 2.75) is 51.0 Å². The van der Waals surface area contributed by atoms with E-state index in [-0.39, 0.29) is 0 Å². The molecule has 18 heavy (non-hydrogen) atoms. The highest BCUT2D eigenvalue weighted by Crippen LogP contribution is 2.24. The molecular formula is C14H30N4. The molecule has 1 rings (SSSR count). The topological polar surface area (TPSA) is 44.9 Å². The molecule has 1 aliphatic rings. The quantitative estimate of drug-likeness (QED) is 0.388. The van der Waals surface area contributed by atoms with Crippen LogP contribution in [0.3, 0.4) is 0 Å². The summed E-state index contributed by atoms with van der Waals surface area (Å²) < 4.78 is 0. The van der Waals surface area contributed by atoms with E-state index in [4.69, 9.17) is 5.73 Å². The standard InChI is InChI=1S/C14H30N4/c1-17(2)12-8-6-4-5-7-11-16-14(15)18(3)13-9-10-13/h13H,4-12H2,1-3H3,(H2,15,16). The van der Waals surface area contributed by atoms with Crippen molar-refractivity contribution < 1.29 is 0 Å². The summed E-state index contributed by atoms with van der Waals surface area (Å²) in [6.07, 6.45) is 8.96. The molecule has 4 nitrogen and oxygen atoms in total. The largest absolute Gasteiger partial charge is 0.370 e. The zero-order valence-corrected chi connectivity index (χ0v) is 12.4. The van der Waals surface area contributed by atoms with E-state index in [0.29, 0.717) is 6.04 Å². The highest BCUT2D eigenvalue weighted by atomic mass is 15.3. The third kappa shape index (κ3) is 6.84. The maximum atomic E-state index is 5.92. The molecule has 0 aromatic carbocycles. The van der Waals surface area contributed by atoms with Gasteiger partial charge in [-0.1, -0.05) is 19.3 Å². The summed E-state index contributed by atoms with van der Waals surface area (Å²) in [5.74, 6) is 0.727. The minimum atomic E-state index is 0.666. The Balaban J connectivity index is 1.92. The van der Waals surface area contributed by atoms with E-state index in [2.05, 4.69) is 35.9 Å². The van der Waals surface area contributed by atoms with E-state index in [1.165, 1.54) is 51.5 Å². The summed E-state index contributed by atoms with van der Waals surface area (Å²) in [5, 5.41) is 0. The molecule has 2 N–H and O–H groups in total. The van der Waals surface area contributed by atoms with Crippen molar-refractivity contribution >= 4 is 5.96 Å². The molecule has 0 bridgehead atoms. The van der Waals surface area contributed by atoms with Gasteiger partial charge in [-0.05, 0) is 46.3 Å². The van der Waals surface area contributed by atoms with Crippen LogP contribution in [0, 0.1) is 0 Å². The fourth-order valence-corrected chi connectivity index (χ4v) is 2.02. The molecule has 0 atom stereocenters. The third-order valence-corrected chi connectivity index (χ3v) is 3.49. The lowest BCUT2D eigenvalue weighted by Gasteiger charge is -2.16. The van der Waals surface area contributed by atoms with E-state index in [0.717, 1.165) is 12.5 Å². The van der Waals surface area contributed by atoms with Gasteiger partial charge in [-0.2, -0.15) is 0 Å². The predicted molar refractivity (Wildman–Crippen MR) is 78.9 cm³/mol. The Morgan fingerprint density at radius 2 is 1.67 bits per heavy atom. The molecule has 0 aliphatic heterocycles. The zero-order chi connectivity index (χ0) is 13.4. The van der Waals surface area contributed by atoms with Crippen LogP contribution in [-0.2, 0) is 0 Å². The van der Waals surface area contributed by atoms with Gasteiger partial charge in [0, 0.05) is 19.6 Å². The van der Waals surface area contributed by atoms with Crippen LogP contribution in [0.2, 0.25) is 0 Å². The van der Waals surface area contributed by atoms with Crippen LogP contribution >= 0.6 is 0 Å². The number of nitrogens with zero attached hydrogens (tertiary/aromatic N) is 3. The summed E-state index contributed by atoms with van der Waals surface area (Å²) in [6.45, 7) is 2.09. The van der Waals surface area contributed by atoms with Crippen LogP contribution in [0.4, 0.5) is 0 Å². The van der Waals surface area contributed by atoms with Crippen molar-refractivity contribution in [3.8, 4) is 0 Å². The zero-order valence-electron chi connectivity index (χ0n) is 12.4. The number of rotatable bonds is 9. The van der Waals surface area contributed by atoms with Crippen LogP contribution in [0.1, 0.15) is 44.9 Å². The molecule has 1 fully saturated rings. The van der Waals surface area contributed by atoms with Gasteiger partial charge in [-0.3, -0.25) is 4.99 Å². The number of hydrogen-bond donors (Lipinski definition) is 1. The Bertz CT molecular complexity index is 246. The smallest absolute Gasteiger partial charge is 0.191 e. The summed E-state index contributed by atoms with van der Waals surface area (Å²) in [6, 6.07) is 0.666. The number of unbranched alkanes of at least 4 members (excludes halogenated alkanes) is 4. The lowest BCUT2D eigenvalue weighted by Crippen LogP contribution is -2.35. The minimum Gasteiger partial charge on any atom is -0.370 e. The second kappa shape index (κ2) is 8.35. The van der Waals surface area contributed by atoms with Gasteiger partial charge in [0.15, 0.2) is 5.96 Å². The molecule has 0 heterocycles. The van der Waals surface area contributed by atoms with Crippen LogP contribution in [-0.4, -0.2) is 56.0 Å². The second-order valence-corrected chi connectivity index (χ2v) is 5.65. The number of guanidine groups is 1. The Morgan fingerprint density at radius 1 is 1.06 bits per heavy atom. The van der Waals surface area contributed by atoms with Crippen molar-refractivity contribution in [2.75, 3.05) is 34.2 Å². The summed E-state index contributed by atoms with van der Waals surface area (Å²) in [5.41, 5.74) is 5.92. The fraction of sp³-hybridized carbons (Fsp3) is 0.929. The van der Waals surface area contributed by atoms with Gasteiger partial charge in [0.05, 0.1) is 0 Å². The first-order valence-electron chi connectivity index (χ1n) is 7.28. The maximum absolute atomic E-state index is 5.92. The average molecular weight is 254 g/mol. The van der Waals surface area contributed by atoms with E-state index in [1.54, 1.807) is 0 Å². The Morgan fingerprint density at radius 3 is 2.28 bits per heavy atom. The number of nitrogens with two attached hydrogens (primary N) is 1. The Kier molecular flexibility index (Phi) is 7.09. The van der Waals surface area contributed by atoms with Crippen molar-refractivity contribution in [3.05, 3.63) is 0 Å². The van der Waals surface area contributed by atoms with Gasteiger partial charge < -0.3 is 15.5 Å². The highest BCUT2D eigenvalue weighted by molar-refractivity contribution is 5.78. The molecular weight excluding hydrogens is 224 g/mol. The average Bonchev–Trinajstić information content (AvgIpc) is 3.15. The van der Waals surface area contributed by atoms with Crippen LogP contribution < -0.4 is 5.73 Å². The molecule has 1 aliphatic carbocycles. The molecule has 0 saturated heterocycles. The molecule has 0 spiro atoms. The Hall–Kier alpha value is -0.770. The van der Waals surface area contributed by atoms with Gasteiger partial charge in [0.1, 0.15) is 0 Å². The molecule has 1 saturated carbocycles. The minimum absolute atomic E-state index is 0.666. The first-order valence-corrected chi connectivity index (χ1v) is 7.28. The van der Waals surface area contributed by atoms with Gasteiger partial charge in [-0.15, -0.1) is 0 Å². The van der Waals surface area contributed by atoms with Gasteiger partial charge in [-0.25, -0.2) is 0 Å². The highest BCUT2D eigenvalue weighted by Gasteiger charge is 2.27. The first-order chi connectivity index (χ1) is 8.61. The molecule has 0 amide bonds. The fourth-order valence-electron chi connectivity index (χ4n) is 2.02. The van der Waals surface area contributed by atoms with Crippen molar-refractivity contribution in [1.82, 2.24) is 9.80 Å². The van der Waals surface area contributed by atoms with Crippen LogP contribution in [0.15, 0.2) is 4.99 Å².